The first-order chi connectivity index (χ1) is 11.8. The zero-order valence-corrected chi connectivity index (χ0v) is 15.0. The van der Waals surface area contributed by atoms with E-state index >= 15 is 0 Å². The summed E-state index contributed by atoms with van der Waals surface area (Å²) in [5, 5.41) is 8.26. The topological polar surface area (TPSA) is 90.5 Å². The van der Waals surface area contributed by atoms with Gasteiger partial charge in [-0.05, 0) is 44.9 Å². The molecular formula is C18H26N4O3. The van der Waals surface area contributed by atoms with Crippen LogP contribution in [0.3, 0.4) is 0 Å². The molecule has 0 bridgehead atoms. The molecule has 3 N–H and O–H groups in total. The SMILES string of the molecule is Cc1cccc(C)c1NC(=O)CNC(=O)CN(C)CC(=O)NC1CC1. The fraction of sp³-hybridized carbons (Fsp3) is 0.500. The number of anilines is 1. The summed E-state index contributed by atoms with van der Waals surface area (Å²) in [7, 11) is 1.70. The van der Waals surface area contributed by atoms with E-state index in [0.717, 1.165) is 29.7 Å². The minimum Gasteiger partial charge on any atom is -0.352 e. The molecule has 25 heavy (non-hydrogen) atoms. The average Bonchev–Trinajstić information content (AvgIpc) is 3.32. The van der Waals surface area contributed by atoms with Crippen molar-refractivity contribution in [3.8, 4) is 0 Å². The molecule has 0 atom stereocenters. The number of hydrogen-bond donors (Lipinski definition) is 3. The number of para-hydroxylation sites is 1. The number of rotatable bonds is 8. The van der Waals surface area contributed by atoms with E-state index in [1.54, 1.807) is 11.9 Å². The molecule has 1 saturated carbocycles. The predicted molar refractivity (Wildman–Crippen MR) is 96.2 cm³/mol. The van der Waals surface area contributed by atoms with Gasteiger partial charge in [0, 0.05) is 11.7 Å². The van der Waals surface area contributed by atoms with E-state index in [1.807, 2.05) is 32.0 Å². The normalized spacial score (nSPS) is 13.4. The first kappa shape index (κ1) is 18.9. The summed E-state index contributed by atoms with van der Waals surface area (Å²) >= 11 is 0. The van der Waals surface area contributed by atoms with Gasteiger partial charge in [-0.3, -0.25) is 19.3 Å². The van der Waals surface area contributed by atoms with Crippen LogP contribution in [0.2, 0.25) is 0 Å². The van der Waals surface area contributed by atoms with Crippen LogP contribution < -0.4 is 16.0 Å². The van der Waals surface area contributed by atoms with Crippen LogP contribution in [-0.4, -0.2) is 55.3 Å². The molecule has 0 aliphatic heterocycles. The first-order valence-electron chi connectivity index (χ1n) is 8.46. The van der Waals surface area contributed by atoms with Gasteiger partial charge in [-0.15, -0.1) is 0 Å². The van der Waals surface area contributed by atoms with E-state index in [4.69, 9.17) is 0 Å². The second kappa shape index (κ2) is 8.62. The maximum atomic E-state index is 12.0. The number of amides is 3. The molecule has 0 spiro atoms. The third kappa shape index (κ3) is 6.54. The molecule has 0 aromatic heterocycles. The van der Waals surface area contributed by atoms with Gasteiger partial charge in [0.1, 0.15) is 0 Å². The molecule has 0 unspecified atom stereocenters. The molecule has 0 radical (unpaired) electrons. The van der Waals surface area contributed by atoms with Gasteiger partial charge in [0.25, 0.3) is 0 Å². The molecule has 1 aromatic carbocycles. The third-order valence-electron chi connectivity index (χ3n) is 3.96. The summed E-state index contributed by atoms with van der Waals surface area (Å²) < 4.78 is 0. The van der Waals surface area contributed by atoms with Gasteiger partial charge in [-0.1, -0.05) is 18.2 Å². The molecule has 2 rings (SSSR count). The summed E-state index contributed by atoms with van der Waals surface area (Å²) in [6.07, 6.45) is 2.07. The Labute approximate surface area is 148 Å². The second-order valence-corrected chi connectivity index (χ2v) is 6.61. The van der Waals surface area contributed by atoms with Crippen molar-refractivity contribution in [3.63, 3.8) is 0 Å². The van der Waals surface area contributed by atoms with Crippen LogP contribution in [0, 0.1) is 13.8 Å². The van der Waals surface area contributed by atoms with Crippen LogP contribution in [0.15, 0.2) is 18.2 Å². The summed E-state index contributed by atoms with van der Waals surface area (Å²) in [6, 6.07) is 6.08. The number of aryl methyl sites for hydroxylation is 2. The number of likely N-dealkylation sites (N-methyl/N-ethyl adjacent to an activating group) is 1. The van der Waals surface area contributed by atoms with Crippen LogP contribution in [-0.2, 0) is 14.4 Å². The van der Waals surface area contributed by atoms with Crippen molar-refractivity contribution in [3.05, 3.63) is 29.3 Å². The Morgan fingerprint density at radius 3 is 2.24 bits per heavy atom. The maximum absolute atomic E-state index is 12.0. The number of carbonyl (C=O) groups excluding carboxylic acids is 3. The summed E-state index contributed by atoms with van der Waals surface area (Å²) in [5.41, 5.74) is 2.72. The van der Waals surface area contributed by atoms with Crippen molar-refractivity contribution in [1.82, 2.24) is 15.5 Å². The smallest absolute Gasteiger partial charge is 0.243 e. The van der Waals surface area contributed by atoms with Crippen LogP contribution >= 0.6 is 0 Å². The Balaban J connectivity index is 1.69. The standard InChI is InChI=1S/C18H26N4O3/c1-12-5-4-6-13(2)18(12)21-15(23)9-19-16(24)10-22(3)11-17(25)20-14-7-8-14/h4-6,14H,7-11H2,1-3H3,(H,19,24)(H,20,25)(H,21,23). The molecule has 1 fully saturated rings. The number of nitrogens with zero attached hydrogens (tertiary/aromatic N) is 1. The van der Waals surface area contributed by atoms with Crippen molar-refractivity contribution in [1.29, 1.82) is 0 Å². The highest BCUT2D eigenvalue weighted by molar-refractivity contribution is 5.96. The van der Waals surface area contributed by atoms with Crippen LogP contribution in [0.5, 0.6) is 0 Å². The Bertz CT molecular complexity index is 635. The van der Waals surface area contributed by atoms with Crippen LogP contribution in [0.25, 0.3) is 0 Å². The molecule has 0 saturated heterocycles. The average molecular weight is 346 g/mol. The lowest BCUT2D eigenvalue weighted by atomic mass is 10.1. The van der Waals surface area contributed by atoms with E-state index in [1.165, 1.54) is 0 Å². The highest BCUT2D eigenvalue weighted by Gasteiger charge is 2.23. The fourth-order valence-electron chi connectivity index (χ4n) is 2.48. The van der Waals surface area contributed by atoms with Crippen molar-refractivity contribution >= 4 is 23.4 Å². The molecule has 7 heteroatoms. The minimum atomic E-state index is -0.293. The molecule has 1 aliphatic carbocycles. The van der Waals surface area contributed by atoms with E-state index in [2.05, 4.69) is 16.0 Å². The highest BCUT2D eigenvalue weighted by atomic mass is 16.2. The summed E-state index contributed by atoms with van der Waals surface area (Å²) in [4.78, 5) is 37.2. The zero-order chi connectivity index (χ0) is 18.4. The van der Waals surface area contributed by atoms with E-state index in [9.17, 15) is 14.4 Å². The Morgan fingerprint density at radius 1 is 1.04 bits per heavy atom. The van der Waals surface area contributed by atoms with Gasteiger partial charge in [0.2, 0.25) is 17.7 Å². The van der Waals surface area contributed by atoms with Gasteiger partial charge in [0.05, 0.1) is 19.6 Å². The molecule has 1 aromatic rings. The quantitative estimate of drug-likeness (QED) is 0.642. The lowest BCUT2D eigenvalue weighted by Gasteiger charge is -2.16. The summed E-state index contributed by atoms with van der Waals surface area (Å²) in [5.74, 6) is -0.649. The molecule has 3 amide bonds. The van der Waals surface area contributed by atoms with E-state index in [-0.39, 0.29) is 37.4 Å². The molecule has 1 aliphatic rings. The maximum Gasteiger partial charge on any atom is 0.243 e. The van der Waals surface area contributed by atoms with E-state index in [0.29, 0.717) is 6.04 Å². The van der Waals surface area contributed by atoms with Crippen molar-refractivity contribution < 1.29 is 14.4 Å². The predicted octanol–water partition coefficient (Wildman–Crippen LogP) is 0.569. The zero-order valence-electron chi connectivity index (χ0n) is 15.0. The monoisotopic (exact) mass is 346 g/mol. The Hall–Kier alpha value is -2.41. The Kier molecular flexibility index (Phi) is 6.52. The Morgan fingerprint density at radius 2 is 1.64 bits per heavy atom. The van der Waals surface area contributed by atoms with Crippen LogP contribution in [0.4, 0.5) is 5.69 Å². The van der Waals surface area contributed by atoms with Crippen molar-refractivity contribution in [2.45, 2.75) is 32.7 Å². The van der Waals surface area contributed by atoms with Gasteiger partial charge in [0.15, 0.2) is 0 Å². The number of hydrogen-bond acceptors (Lipinski definition) is 4. The number of nitrogens with one attached hydrogen (secondary N) is 3. The van der Waals surface area contributed by atoms with Crippen molar-refractivity contribution in [2.75, 3.05) is 32.0 Å². The van der Waals surface area contributed by atoms with Gasteiger partial charge >= 0.3 is 0 Å². The molecule has 7 nitrogen and oxygen atoms in total. The van der Waals surface area contributed by atoms with Gasteiger partial charge < -0.3 is 16.0 Å². The number of benzene rings is 1. The minimum absolute atomic E-state index is 0.0642. The lowest BCUT2D eigenvalue weighted by Crippen LogP contribution is -2.43. The summed E-state index contributed by atoms with van der Waals surface area (Å²) in [6.45, 7) is 3.97. The van der Waals surface area contributed by atoms with E-state index < -0.39 is 0 Å². The van der Waals surface area contributed by atoms with Crippen molar-refractivity contribution in [2.24, 2.45) is 0 Å². The molecular weight excluding hydrogens is 320 g/mol. The second-order valence-electron chi connectivity index (χ2n) is 6.61. The largest absolute Gasteiger partial charge is 0.352 e. The molecule has 136 valence electrons. The lowest BCUT2D eigenvalue weighted by molar-refractivity contribution is -0.126. The fourth-order valence-corrected chi connectivity index (χ4v) is 2.48. The first-order valence-corrected chi connectivity index (χ1v) is 8.46. The number of carbonyl (C=O) groups is 3. The van der Waals surface area contributed by atoms with Gasteiger partial charge in [-0.2, -0.15) is 0 Å². The molecule has 0 heterocycles. The van der Waals surface area contributed by atoms with Gasteiger partial charge in [-0.25, -0.2) is 0 Å². The van der Waals surface area contributed by atoms with Crippen LogP contribution in [0.1, 0.15) is 24.0 Å². The highest BCUT2D eigenvalue weighted by Crippen LogP contribution is 2.19. The third-order valence-corrected chi connectivity index (χ3v) is 3.96.